The number of amides is 1. The van der Waals surface area contributed by atoms with E-state index in [0.29, 0.717) is 47.0 Å². The molecule has 1 N–H and O–H groups in total. The van der Waals surface area contributed by atoms with E-state index in [-0.39, 0.29) is 5.91 Å². The lowest BCUT2D eigenvalue weighted by molar-refractivity contribution is 0.0950. The summed E-state index contributed by atoms with van der Waals surface area (Å²) in [6.07, 6.45) is 0.551. The molecule has 0 aliphatic heterocycles. The molecule has 1 aromatic heterocycles. The van der Waals surface area contributed by atoms with Crippen molar-refractivity contribution in [1.29, 1.82) is 0 Å². The molecule has 0 fully saturated rings. The van der Waals surface area contributed by atoms with Crippen LogP contribution in [0.1, 0.15) is 27.4 Å². The van der Waals surface area contributed by atoms with Gasteiger partial charge in [-0.3, -0.25) is 4.79 Å². The summed E-state index contributed by atoms with van der Waals surface area (Å²) in [6.45, 7) is 0.302. The summed E-state index contributed by atoms with van der Waals surface area (Å²) < 4.78 is 21.7. The summed E-state index contributed by atoms with van der Waals surface area (Å²) in [7, 11) is 4.82. The SMILES string of the molecule is COc1ccc(Cc2nc3ccc(C(=O)NCc4cc(OC)ccc4OC)cc3o2)cc1. The largest absolute Gasteiger partial charge is 0.497 e. The second-order valence-corrected chi connectivity index (χ2v) is 7.18. The minimum Gasteiger partial charge on any atom is -0.497 e. The summed E-state index contributed by atoms with van der Waals surface area (Å²) >= 11 is 0. The number of oxazole rings is 1. The molecule has 7 heteroatoms. The molecule has 7 nitrogen and oxygen atoms in total. The van der Waals surface area contributed by atoms with Gasteiger partial charge in [0.1, 0.15) is 22.8 Å². The Bertz CT molecular complexity index is 1230. The molecule has 4 aromatic rings. The van der Waals surface area contributed by atoms with Gasteiger partial charge in [-0.1, -0.05) is 12.1 Å². The van der Waals surface area contributed by atoms with Gasteiger partial charge in [0, 0.05) is 24.1 Å². The van der Waals surface area contributed by atoms with Crippen LogP contribution in [0, 0.1) is 0 Å². The lowest BCUT2D eigenvalue weighted by Crippen LogP contribution is -2.23. The number of ether oxygens (including phenoxy) is 3. The molecule has 4 rings (SSSR count). The normalized spacial score (nSPS) is 10.7. The van der Waals surface area contributed by atoms with Gasteiger partial charge in [-0.05, 0) is 54.1 Å². The van der Waals surface area contributed by atoms with Crippen LogP contribution in [0.5, 0.6) is 17.2 Å². The number of nitrogens with one attached hydrogen (secondary N) is 1. The van der Waals surface area contributed by atoms with Crippen LogP contribution in [-0.4, -0.2) is 32.2 Å². The van der Waals surface area contributed by atoms with Gasteiger partial charge in [-0.25, -0.2) is 4.98 Å². The molecule has 0 saturated heterocycles. The standard InChI is InChI=1S/C25H24N2O5/c1-29-19-7-4-16(5-8-19)12-24-27-21-10-6-17(14-23(21)32-24)25(28)26-15-18-13-20(30-2)9-11-22(18)31-3/h4-11,13-14H,12,15H2,1-3H3,(H,26,28). The zero-order valence-electron chi connectivity index (χ0n) is 18.2. The number of nitrogens with zero attached hydrogens (tertiary/aromatic N) is 1. The van der Waals surface area contributed by atoms with E-state index in [1.54, 1.807) is 39.5 Å². The molecule has 1 heterocycles. The van der Waals surface area contributed by atoms with Gasteiger partial charge in [-0.15, -0.1) is 0 Å². The first-order chi connectivity index (χ1) is 15.6. The van der Waals surface area contributed by atoms with E-state index in [1.807, 2.05) is 42.5 Å². The first-order valence-electron chi connectivity index (χ1n) is 10.1. The van der Waals surface area contributed by atoms with Crippen LogP contribution in [0.3, 0.4) is 0 Å². The number of carbonyl (C=O) groups excluding carboxylic acids is 1. The Kier molecular flexibility index (Phi) is 6.26. The second-order valence-electron chi connectivity index (χ2n) is 7.18. The first-order valence-corrected chi connectivity index (χ1v) is 10.1. The molecule has 3 aromatic carbocycles. The van der Waals surface area contributed by atoms with Crippen LogP contribution in [0.4, 0.5) is 0 Å². The van der Waals surface area contributed by atoms with E-state index in [9.17, 15) is 4.79 Å². The number of carbonyl (C=O) groups is 1. The Morgan fingerprint density at radius 3 is 2.38 bits per heavy atom. The summed E-state index contributed by atoms with van der Waals surface area (Å²) in [4.78, 5) is 17.2. The zero-order valence-corrected chi connectivity index (χ0v) is 18.2. The smallest absolute Gasteiger partial charge is 0.251 e. The van der Waals surface area contributed by atoms with Crippen molar-refractivity contribution >= 4 is 17.0 Å². The summed E-state index contributed by atoms with van der Waals surface area (Å²) in [5.41, 5.74) is 3.65. The van der Waals surface area contributed by atoms with Gasteiger partial charge in [0.05, 0.1) is 21.3 Å². The lowest BCUT2D eigenvalue weighted by atomic mass is 10.1. The third-order valence-corrected chi connectivity index (χ3v) is 5.14. The molecule has 0 aliphatic rings. The second kappa shape index (κ2) is 9.43. The molecule has 0 saturated carbocycles. The average molecular weight is 432 g/mol. The Hall–Kier alpha value is -4.00. The van der Waals surface area contributed by atoms with Gasteiger partial charge in [0.2, 0.25) is 0 Å². The van der Waals surface area contributed by atoms with Crippen LogP contribution in [0.2, 0.25) is 0 Å². The van der Waals surface area contributed by atoms with Gasteiger partial charge in [0.15, 0.2) is 11.5 Å². The van der Waals surface area contributed by atoms with E-state index in [0.717, 1.165) is 16.9 Å². The number of hydrogen-bond donors (Lipinski definition) is 1. The van der Waals surface area contributed by atoms with Crippen molar-refractivity contribution in [1.82, 2.24) is 10.3 Å². The summed E-state index contributed by atoms with van der Waals surface area (Å²) in [6, 6.07) is 18.4. The maximum atomic E-state index is 12.7. The van der Waals surface area contributed by atoms with Gasteiger partial charge in [-0.2, -0.15) is 0 Å². The van der Waals surface area contributed by atoms with Crippen LogP contribution in [0.15, 0.2) is 65.1 Å². The lowest BCUT2D eigenvalue weighted by Gasteiger charge is -2.11. The van der Waals surface area contributed by atoms with E-state index in [1.165, 1.54) is 0 Å². The van der Waals surface area contributed by atoms with E-state index in [2.05, 4.69) is 10.3 Å². The minimum atomic E-state index is -0.218. The van der Waals surface area contributed by atoms with Crippen LogP contribution >= 0.6 is 0 Å². The van der Waals surface area contributed by atoms with Crippen LogP contribution < -0.4 is 19.5 Å². The number of aromatic nitrogens is 1. The number of benzene rings is 3. The molecule has 32 heavy (non-hydrogen) atoms. The fraction of sp³-hybridized carbons (Fsp3) is 0.200. The van der Waals surface area contributed by atoms with Crippen molar-refractivity contribution in [3.63, 3.8) is 0 Å². The number of fused-ring (bicyclic) bond motifs is 1. The molecule has 1 amide bonds. The highest BCUT2D eigenvalue weighted by Gasteiger charge is 2.13. The minimum absolute atomic E-state index is 0.218. The fourth-order valence-electron chi connectivity index (χ4n) is 3.40. The molecular weight excluding hydrogens is 408 g/mol. The van der Waals surface area contributed by atoms with Crippen molar-refractivity contribution in [3.8, 4) is 17.2 Å². The van der Waals surface area contributed by atoms with Gasteiger partial charge >= 0.3 is 0 Å². The van der Waals surface area contributed by atoms with Gasteiger partial charge in [0.25, 0.3) is 5.91 Å². The van der Waals surface area contributed by atoms with E-state index >= 15 is 0 Å². The molecular formula is C25H24N2O5. The average Bonchev–Trinajstić information content (AvgIpc) is 3.24. The molecule has 0 radical (unpaired) electrons. The zero-order chi connectivity index (χ0) is 22.5. The molecule has 0 aliphatic carbocycles. The Morgan fingerprint density at radius 2 is 1.66 bits per heavy atom. The van der Waals surface area contributed by atoms with E-state index < -0.39 is 0 Å². The Morgan fingerprint density at radius 1 is 0.906 bits per heavy atom. The summed E-state index contributed by atoms with van der Waals surface area (Å²) in [5, 5.41) is 2.91. The quantitative estimate of drug-likeness (QED) is 0.445. The monoisotopic (exact) mass is 432 g/mol. The molecule has 0 spiro atoms. The van der Waals surface area contributed by atoms with Crippen molar-refractivity contribution in [3.05, 3.63) is 83.2 Å². The maximum absolute atomic E-state index is 12.7. The molecule has 0 bridgehead atoms. The Balaban J connectivity index is 1.47. The van der Waals surface area contributed by atoms with E-state index in [4.69, 9.17) is 18.6 Å². The predicted octanol–water partition coefficient (Wildman–Crippen LogP) is 4.37. The molecule has 0 atom stereocenters. The Labute approximate surface area is 185 Å². The van der Waals surface area contributed by atoms with Crippen molar-refractivity contribution < 1.29 is 23.4 Å². The predicted molar refractivity (Wildman–Crippen MR) is 121 cm³/mol. The van der Waals surface area contributed by atoms with Crippen molar-refractivity contribution in [2.75, 3.05) is 21.3 Å². The third kappa shape index (κ3) is 4.67. The van der Waals surface area contributed by atoms with Crippen molar-refractivity contribution in [2.24, 2.45) is 0 Å². The highest BCUT2D eigenvalue weighted by molar-refractivity contribution is 5.97. The number of rotatable bonds is 8. The van der Waals surface area contributed by atoms with Crippen LogP contribution in [-0.2, 0) is 13.0 Å². The molecule has 164 valence electrons. The summed E-state index contributed by atoms with van der Waals surface area (Å²) in [5.74, 6) is 2.55. The van der Waals surface area contributed by atoms with Gasteiger partial charge < -0.3 is 23.9 Å². The van der Waals surface area contributed by atoms with Crippen molar-refractivity contribution in [2.45, 2.75) is 13.0 Å². The third-order valence-electron chi connectivity index (χ3n) is 5.14. The fourth-order valence-corrected chi connectivity index (χ4v) is 3.40. The number of hydrogen-bond acceptors (Lipinski definition) is 6. The molecule has 0 unspecified atom stereocenters. The van der Waals surface area contributed by atoms with Crippen LogP contribution in [0.25, 0.3) is 11.1 Å². The topological polar surface area (TPSA) is 82.8 Å². The highest BCUT2D eigenvalue weighted by atomic mass is 16.5. The number of methoxy groups -OCH3 is 3. The highest BCUT2D eigenvalue weighted by Crippen LogP contribution is 2.24. The maximum Gasteiger partial charge on any atom is 0.251 e. The first kappa shape index (κ1) is 21.2.